The van der Waals surface area contributed by atoms with Crippen molar-refractivity contribution in [1.82, 2.24) is 25.8 Å². The van der Waals surface area contributed by atoms with Gasteiger partial charge in [0.15, 0.2) is 0 Å². The number of alkyl halides is 3. The quantitative estimate of drug-likeness (QED) is 0.300. The van der Waals surface area contributed by atoms with Crippen molar-refractivity contribution in [2.45, 2.75) is 101 Å². The Morgan fingerprint density at radius 2 is 1.68 bits per heavy atom. The van der Waals surface area contributed by atoms with Crippen LogP contribution in [-0.4, -0.2) is 104 Å². The number of hydrogen-bond donors (Lipinski definition) is 5. The van der Waals surface area contributed by atoms with Gasteiger partial charge in [0.05, 0.1) is 31.2 Å². The maximum absolute atomic E-state index is 14.8. The van der Waals surface area contributed by atoms with Crippen molar-refractivity contribution in [3.63, 3.8) is 0 Å². The average Bonchev–Trinajstić information content (AvgIpc) is 3.05. The van der Waals surface area contributed by atoms with Crippen molar-refractivity contribution >= 4 is 11.8 Å². The molecular weight excluding hydrogens is 523 g/mol. The monoisotopic (exact) mass is 571 g/mol. The van der Waals surface area contributed by atoms with Crippen LogP contribution in [0.3, 0.4) is 0 Å². The molecule has 0 aromatic heterocycles. The third-order valence-electron chi connectivity index (χ3n) is 10.3. The zero-order chi connectivity index (χ0) is 28.5. The minimum Gasteiger partial charge on any atom is -0.350 e. The van der Waals surface area contributed by atoms with Gasteiger partial charge in [-0.25, -0.2) is 13.2 Å². The smallest absolute Gasteiger partial charge is 0.282 e. The van der Waals surface area contributed by atoms with Gasteiger partial charge in [0.25, 0.3) is 5.92 Å². The highest BCUT2D eigenvalue weighted by molar-refractivity contribution is 5.81. The standard InChI is InChI=1S/C28H48F3N7O2/c29-19-12-27(7-2-1-3-8-27)13-20(35-14-19)23(24(32)33)25(39)36-21-15-34-9-4-22(21)37-10-5-18(6-11-37)26(40)38-16-28(30,31)17-38/h18-24,34-35H,1-17,32-33H2,(H,36,39). The van der Waals surface area contributed by atoms with Crippen molar-refractivity contribution in [3.8, 4) is 0 Å². The van der Waals surface area contributed by atoms with E-state index < -0.39 is 37.3 Å². The number of carbonyl (C=O) groups excluding carboxylic acids is 2. The Bertz CT molecular complexity index is 887. The Morgan fingerprint density at radius 3 is 2.33 bits per heavy atom. The fourth-order valence-corrected chi connectivity index (χ4v) is 8.15. The lowest BCUT2D eigenvalue weighted by Gasteiger charge is -2.46. The van der Waals surface area contributed by atoms with Crippen LogP contribution in [0.25, 0.3) is 0 Å². The van der Waals surface area contributed by atoms with Crippen molar-refractivity contribution in [2.75, 3.05) is 45.8 Å². The third-order valence-corrected chi connectivity index (χ3v) is 10.3. The molecule has 0 aromatic carbocycles. The molecule has 40 heavy (non-hydrogen) atoms. The molecule has 2 amide bonds. The van der Waals surface area contributed by atoms with Gasteiger partial charge in [-0.2, -0.15) is 0 Å². The van der Waals surface area contributed by atoms with E-state index in [4.69, 9.17) is 11.5 Å². The van der Waals surface area contributed by atoms with Crippen molar-refractivity contribution in [2.24, 2.45) is 28.7 Å². The molecule has 0 bridgehead atoms. The van der Waals surface area contributed by atoms with Crippen LogP contribution in [0.5, 0.6) is 0 Å². The molecule has 4 heterocycles. The number of amides is 2. The van der Waals surface area contributed by atoms with Crippen LogP contribution in [-0.2, 0) is 9.59 Å². The van der Waals surface area contributed by atoms with Crippen LogP contribution in [0.15, 0.2) is 0 Å². The van der Waals surface area contributed by atoms with Crippen LogP contribution in [0, 0.1) is 17.3 Å². The Labute approximate surface area is 235 Å². The lowest BCUT2D eigenvalue weighted by atomic mass is 9.66. The van der Waals surface area contributed by atoms with E-state index in [1.54, 1.807) is 0 Å². The number of nitrogens with zero attached hydrogens (tertiary/aromatic N) is 2. The maximum Gasteiger partial charge on any atom is 0.282 e. The minimum absolute atomic E-state index is 0.0891. The lowest BCUT2D eigenvalue weighted by Crippen LogP contribution is -2.65. The van der Waals surface area contributed by atoms with Crippen molar-refractivity contribution < 1.29 is 22.8 Å². The van der Waals surface area contributed by atoms with E-state index in [-0.39, 0.29) is 47.8 Å². The van der Waals surface area contributed by atoms with Gasteiger partial charge in [0.2, 0.25) is 11.8 Å². The fraction of sp³-hybridized carbons (Fsp3) is 0.929. The summed E-state index contributed by atoms with van der Waals surface area (Å²) in [5, 5.41) is 9.95. The van der Waals surface area contributed by atoms with Gasteiger partial charge in [-0.3, -0.25) is 14.5 Å². The van der Waals surface area contributed by atoms with Crippen molar-refractivity contribution in [3.05, 3.63) is 0 Å². The summed E-state index contributed by atoms with van der Waals surface area (Å²) in [5.74, 6) is -4.02. The highest BCUT2D eigenvalue weighted by atomic mass is 19.3. The van der Waals surface area contributed by atoms with E-state index in [1.807, 2.05) is 0 Å². The molecule has 0 radical (unpaired) electrons. The van der Waals surface area contributed by atoms with Gasteiger partial charge < -0.3 is 32.3 Å². The number of halogens is 3. The lowest BCUT2D eigenvalue weighted by molar-refractivity contribution is -0.171. The second-order valence-electron chi connectivity index (χ2n) is 13.2. The van der Waals surface area contributed by atoms with E-state index in [0.717, 1.165) is 38.6 Å². The van der Waals surface area contributed by atoms with E-state index in [9.17, 15) is 22.8 Å². The molecule has 1 spiro atoms. The van der Waals surface area contributed by atoms with Crippen LogP contribution in [0.4, 0.5) is 13.2 Å². The molecule has 1 aliphatic carbocycles. The van der Waals surface area contributed by atoms with E-state index in [2.05, 4.69) is 20.9 Å². The normalized spacial score (nSPS) is 34.2. The first-order valence-corrected chi connectivity index (χ1v) is 15.4. The van der Waals surface area contributed by atoms with Gasteiger partial charge in [-0.1, -0.05) is 19.3 Å². The topological polar surface area (TPSA) is 129 Å². The molecule has 12 heteroatoms. The van der Waals surface area contributed by atoms with Gasteiger partial charge in [0.1, 0.15) is 6.17 Å². The summed E-state index contributed by atoms with van der Waals surface area (Å²) in [6.07, 6.45) is 6.81. The molecule has 4 saturated heterocycles. The Kier molecular flexibility index (Phi) is 9.31. The first-order chi connectivity index (χ1) is 19.1. The molecule has 4 aliphatic heterocycles. The molecule has 7 N–H and O–H groups in total. The molecule has 0 aromatic rings. The fourth-order valence-electron chi connectivity index (χ4n) is 8.15. The second-order valence-corrected chi connectivity index (χ2v) is 13.2. The first kappa shape index (κ1) is 30.0. The second kappa shape index (κ2) is 12.4. The summed E-state index contributed by atoms with van der Waals surface area (Å²) in [7, 11) is 0. The predicted octanol–water partition coefficient (Wildman–Crippen LogP) is 0.923. The molecular formula is C28H48F3N7O2. The van der Waals surface area contributed by atoms with Crippen LogP contribution in [0.2, 0.25) is 0 Å². The summed E-state index contributed by atoms with van der Waals surface area (Å²) < 4.78 is 41.3. The van der Waals surface area contributed by atoms with Gasteiger partial charge in [0, 0.05) is 31.1 Å². The summed E-state index contributed by atoms with van der Waals surface area (Å²) in [6.45, 7) is 2.07. The zero-order valence-corrected chi connectivity index (χ0v) is 23.6. The number of hydrogen-bond acceptors (Lipinski definition) is 7. The van der Waals surface area contributed by atoms with Crippen LogP contribution >= 0.6 is 0 Å². The Morgan fingerprint density at radius 1 is 0.975 bits per heavy atom. The number of piperidine rings is 2. The molecule has 5 fully saturated rings. The molecule has 9 nitrogen and oxygen atoms in total. The highest BCUT2D eigenvalue weighted by Gasteiger charge is 2.48. The number of rotatable bonds is 6. The van der Waals surface area contributed by atoms with Gasteiger partial charge >= 0.3 is 0 Å². The van der Waals surface area contributed by atoms with Crippen molar-refractivity contribution in [1.29, 1.82) is 0 Å². The Hall–Kier alpha value is -1.47. The predicted molar refractivity (Wildman–Crippen MR) is 146 cm³/mol. The van der Waals surface area contributed by atoms with Crippen LogP contribution in [0.1, 0.15) is 64.2 Å². The summed E-state index contributed by atoms with van der Waals surface area (Å²) in [4.78, 5) is 30.0. The van der Waals surface area contributed by atoms with E-state index in [1.165, 1.54) is 11.3 Å². The first-order valence-electron chi connectivity index (χ1n) is 15.4. The SMILES string of the molecule is NC(N)C(C(=O)NC1CNCCC1N1CCC(C(=O)N2CC(F)(F)C2)CC1)C1CC2(CCCCC2)CC(F)CN1. The highest BCUT2D eigenvalue weighted by Crippen LogP contribution is 2.46. The maximum atomic E-state index is 14.8. The molecule has 5 aliphatic rings. The van der Waals surface area contributed by atoms with Gasteiger partial charge in [-0.05, 0) is 70.0 Å². The molecule has 5 unspecified atom stereocenters. The summed E-state index contributed by atoms with van der Waals surface area (Å²) in [5.41, 5.74) is 12.4. The zero-order valence-electron chi connectivity index (χ0n) is 23.6. The number of carbonyl (C=O) groups is 2. The van der Waals surface area contributed by atoms with Gasteiger partial charge in [-0.15, -0.1) is 0 Å². The number of nitrogens with two attached hydrogens (primary N) is 2. The minimum atomic E-state index is -2.75. The average molecular weight is 572 g/mol. The Balaban J connectivity index is 1.20. The molecule has 228 valence electrons. The summed E-state index contributed by atoms with van der Waals surface area (Å²) in [6, 6.07) is -0.358. The van der Waals surface area contributed by atoms with E-state index >= 15 is 0 Å². The van der Waals surface area contributed by atoms with Crippen LogP contribution < -0.4 is 27.4 Å². The molecule has 1 saturated carbocycles. The summed E-state index contributed by atoms with van der Waals surface area (Å²) >= 11 is 0. The number of nitrogens with one attached hydrogen (secondary N) is 3. The number of likely N-dealkylation sites (tertiary alicyclic amines) is 2. The molecule has 5 rings (SSSR count). The third kappa shape index (κ3) is 6.77. The van der Waals surface area contributed by atoms with E-state index in [0.29, 0.717) is 45.3 Å². The molecule has 5 atom stereocenters. The largest absolute Gasteiger partial charge is 0.350 e.